The molecule has 0 radical (unpaired) electrons. The van der Waals surface area contributed by atoms with Gasteiger partial charge in [-0.15, -0.1) is 0 Å². The van der Waals surface area contributed by atoms with Gasteiger partial charge in [0.05, 0.1) is 25.4 Å². The summed E-state index contributed by atoms with van der Waals surface area (Å²) in [6.07, 6.45) is -0.187. The molecule has 100 valence electrons. The predicted octanol–water partition coefficient (Wildman–Crippen LogP) is 0.758. The second-order valence-corrected chi connectivity index (χ2v) is 4.65. The number of rotatable bonds is 3. The first-order valence-corrected chi connectivity index (χ1v) is 6.23. The van der Waals surface area contributed by atoms with Gasteiger partial charge in [0.25, 0.3) is 0 Å². The summed E-state index contributed by atoms with van der Waals surface area (Å²) in [7, 11) is 1.74. The molecule has 1 fully saturated rings. The van der Waals surface area contributed by atoms with E-state index in [9.17, 15) is 5.11 Å². The fraction of sp³-hybridized carbons (Fsp3) is 0.636. The highest BCUT2D eigenvalue weighted by Crippen LogP contribution is 2.23. The van der Waals surface area contributed by atoms with Crippen LogP contribution >= 0.6 is 11.6 Å². The molecule has 1 aromatic heterocycles. The molecule has 0 aliphatic carbocycles. The first-order chi connectivity index (χ1) is 8.63. The van der Waals surface area contributed by atoms with Gasteiger partial charge in [-0.25, -0.2) is 4.98 Å². The average molecular weight is 273 g/mol. The lowest BCUT2D eigenvalue weighted by atomic mass is 10.2. The van der Waals surface area contributed by atoms with Gasteiger partial charge >= 0.3 is 0 Å². The van der Waals surface area contributed by atoms with Crippen LogP contribution in [-0.4, -0.2) is 54.0 Å². The molecule has 0 aromatic carbocycles. The molecule has 6 nitrogen and oxygen atoms in total. The minimum absolute atomic E-state index is 0.000913. The summed E-state index contributed by atoms with van der Waals surface area (Å²) in [6, 6.07) is 1.90. The molecule has 2 rings (SSSR count). The monoisotopic (exact) mass is 272 g/mol. The third kappa shape index (κ3) is 2.82. The van der Waals surface area contributed by atoms with Crippen molar-refractivity contribution in [2.75, 3.05) is 37.0 Å². The molecule has 2 N–H and O–H groups in total. The second kappa shape index (κ2) is 5.69. The molecule has 0 saturated carbocycles. The van der Waals surface area contributed by atoms with Crippen molar-refractivity contribution < 1.29 is 9.84 Å². The lowest BCUT2D eigenvalue weighted by Crippen LogP contribution is -2.50. The van der Waals surface area contributed by atoms with Gasteiger partial charge in [0.2, 0.25) is 5.95 Å². The molecule has 1 aromatic rings. The van der Waals surface area contributed by atoms with E-state index in [1.54, 1.807) is 13.1 Å². The van der Waals surface area contributed by atoms with Crippen molar-refractivity contribution in [3.63, 3.8) is 0 Å². The molecule has 7 heteroatoms. The van der Waals surface area contributed by atoms with E-state index >= 15 is 0 Å². The van der Waals surface area contributed by atoms with Crippen molar-refractivity contribution >= 4 is 23.4 Å². The number of aliphatic hydroxyl groups is 1. The molecule has 1 aliphatic rings. The highest BCUT2D eigenvalue weighted by Gasteiger charge is 2.27. The van der Waals surface area contributed by atoms with Crippen LogP contribution in [0.25, 0.3) is 0 Å². The third-order valence-corrected chi connectivity index (χ3v) is 3.10. The standard InChI is InChI=1S/C11H17ClN4O2/c1-7-6-18-8(5-17)4-16(7)10-3-9(12)14-11(13-2)15-10/h3,7-8,17H,4-6H2,1-2H3,(H,13,14,15)/t7-,8+/m1/s1. The minimum atomic E-state index is -0.187. The number of anilines is 2. The van der Waals surface area contributed by atoms with E-state index in [0.29, 0.717) is 24.3 Å². The summed E-state index contributed by atoms with van der Waals surface area (Å²) in [5.74, 6) is 1.23. The summed E-state index contributed by atoms with van der Waals surface area (Å²) in [4.78, 5) is 10.5. The van der Waals surface area contributed by atoms with Gasteiger partial charge in [-0.05, 0) is 6.92 Å². The summed E-state index contributed by atoms with van der Waals surface area (Å²) in [5.41, 5.74) is 0. The van der Waals surface area contributed by atoms with Crippen molar-refractivity contribution in [2.45, 2.75) is 19.1 Å². The zero-order valence-corrected chi connectivity index (χ0v) is 11.2. The van der Waals surface area contributed by atoms with Crippen LogP contribution < -0.4 is 10.2 Å². The van der Waals surface area contributed by atoms with Crippen LogP contribution in [0, 0.1) is 0 Å². The Labute approximate surface area is 111 Å². The topological polar surface area (TPSA) is 70.5 Å². The van der Waals surface area contributed by atoms with Crippen LogP contribution in [-0.2, 0) is 4.74 Å². The van der Waals surface area contributed by atoms with Gasteiger partial charge in [0.1, 0.15) is 11.0 Å². The third-order valence-electron chi connectivity index (χ3n) is 2.91. The van der Waals surface area contributed by atoms with Gasteiger partial charge < -0.3 is 20.1 Å². The van der Waals surface area contributed by atoms with E-state index < -0.39 is 0 Å². The van der Waals surface area contributed by atoms with Gasteiger partial charge in [-0.1, -0.05) is 11.6 Å². The largest absolute Gasteiger partial charge is 0.394 e. The quantitative estimate of drug-likeness (QED) is 0.792. The van der Waals surface area contributed by atoms with Crippen LogP contribution in [0.5, 0.6) is 0 Å². The van der Waals surface area contributed by atoms with Crippen molar-refractivity contribution in [2.24, 2.45) is 0 Å². The number of halogens is 1. The average Bonchev–Trinajstić information content (AvgIpc) is 2.38. The van der Waals surface area contributed by atoms with Crippen LogP contribution in [0.1, 0.15) is 6.92 Å². The van der Waals surface area contributed by atoms with Gasteiger partial charge in [-0.2, -0.15) is 4.98 Å². The lowest BCUT2D eigenvalue weighted by Gasteiger charge is -2.38. The van der Waals surface area contributed by atoms with Crippen molar-refractivity contribution in [1.82, 2.24) is 9.97 Å². The first-order valence-electron chi connectivity index (χ1n) is 5.85. The van der Waals surface area contributed by atoms with E-state index in [1.807, 2.05) is 6.92 Å². The Morgan fingerprint density at radius 2 is 2.39 bits per heavy atom. The van der Waals surface area contributed by atoms with Gasteiger partial charge in [-0.3, -0.25) is 0 Å². The number of aromatic nitrogens is 2. The van der Waals surface area contributed by atoms with Crippen LogP contribution in [0.15, 0.2) is 6.07 Å². The summed E-state index contributed by atoms with van der Waals surface area (Å²) in [5, 5.41) is 12.4. The van der Waals surface area contributed by atoms with E-state index in [1.165, 1.54) is 0 Å². The number of morpholine rings is 1. The Bertz CT molecular complexity index is 418. The van der Waals surface area contributed by atoms with E-state index in [2.05, 4.69) is 20.2 Å². The Hall–Kier alpha value is -1.11. The number of hydrogen-bond donors (Lipinski definition) is 2. The zero-order valence-electron chi connectivity index (χ0n) is 10.4. The van der Waals surface area contributed by atoms with Crippen LogP contribution in [0.2, 0.25) is 5.15 Å². The molecule has 0 amide bonds. The molecule has 2 heterocycles. The number of ether oxygens (including phenoxy) is 1. The number of nitrogens with zero attached hydrogens (tertiary/aromatic N) is 3. The predicted molar refractivity (Wildman–Crippen MR) is 70.2 cm³/mol. The van der Waals surface area contributed by atoms with Crippen molar-refractivity contribution in [3.8, 4) is 0 Å². The molecule has 0 spiro atoms. The molecule has 2 atom stereocenters. The fourth-order valence-electron chi connectivity index (χ4n) is 1.91. The maximum Gasteiger partial charge on any atom is 0.225 e. The SMILES string of the molecule is CNc1nc(Cl)cc(N2C[C@@H](CO)OC[C@H]2C)n1. The molecular weight excluding hydrogens is 256 g/mol. The Morgan fingerprint density at radius 3 is 3.06 bits per heavy atom. The van der Waals surface area contributed by atoms with Crippen LogP contribution in [0.3, 0.4) is 0 Å². The Morgan fingerprint density at radius 1 is 1.61 bits per heavy atom. The van der Waals surface area contributed by atoms with E-state index in [0.717, 1.165) is 5.82 Å². The molecular formula is C11H17ClN4O2. The zero-order chi connectivity index (χ0) is 13.1. The van der Waals surface area contributed by atoms with Gasteiger partial charge in [0.15, 0.2) is 0 Å². The maximum absolute atomic E-state index is 9.17. The first kappa shape index (κ1) is 13.3. The van der Waals surface area contributed by atoms with E-state index in [4.69, 9.17) is 16.3 Å². The number of nitrogens with one attached hydrogen (secondary N) is 1. The highest BCUT2D eigenvalue weighted by atomic mass is 35.5. The molecule has 1 aliphatic heterocycles. The van der Waals surface area contributed by atoms with Crippen molar-refractivity contribution in [3.05, 3.63) is 11.2 Å². The molecule has 18 heavy (non-hydrogen) atoms. The summed E-state index contributed by atoms with van der Waals surface area (Å²) < 4.78 is 5.49. The Balaban J connectivity index is 2.25. The van der Waals surface area contributed by atoms with Crippen molar-refractivity contribution in [1.29, 1.82) is 0 Å². The smallest absolute Gasteiger partial charge is 0.225 e. The van der Waals surface area contributed by atoms with Crippen LogP contribution in [0.4, 0.5) is 11.8 Å². The minimum Gasteiger partial charge on any atom is -0.394 e. The normalized spacial score (nSPS) is 24.1. The maximum atomic E-state index is 9.17. The summed E-state index contributed by atoms with van der Waals surface area (Å²) in [6.45, 7) is 3.19. The molecule has 1 saturated heterocycles. The van der Waals surface area contributed by atoms with Gasteiger partial charge in [0, 0.05) is 19.7 Å². The molecule has 0 unspecified atom stereocenters. The Kier molecular flexibility index (Phi) is 4.21. The lowest BCUT2D eigenvalue weighted by molar-refractivity contribution is -0.0105. The number of aliphatic hydroxyl groups excluding tert-OH is 1. The molecule has 0 bridgehead atoms. The second-order valence-electron chi connectivity index (χ2n) is 4.26. The van der Waals surface area contributed by atoms with E-state index in [-0.39, 0.29) is 18.8 Å². The highest BCUT2D eigenvalue weighted by molar-refractivity contribution is 6.29. The summed E-state index contributed by atoms with van der Waals surface area (Å²) >= 11 is 5.97. The number of hydrogen-bond acceptors (Lipinski definition) is 6. The fourth-order valence-corrected chi connectivity index (χ4v) is 2.09.